The van der Waals surface area contributed by atoms with Crippen molar-refractivity contribution in [3.05, 3.63) is 118 Å². The van der Waals surface area contributed by atoms with Crippen LogP contribution in [0.3, 0.4) is 0 Å². The van der Waals surface area contributed by atoms with E-state index in [1.807, 2.05) is 65.6 Å². The molecule has 7 rings (SSSR count). The lowest BCUT2D eigenvalue weighted by molar-refractivity contribution is -0.121. The van der Waals surface area contributed by atoms with Gasteiger partial charge in [0.25, 0.3) is 0 Å². The van der Waals surface area contributed by atoms with E-state index < -0.39 is 29.2 Å². The molecule has 0 bridgehead atoms. The second-order valence-electron chi connectivity index (χ2n) is 10.1. The van der Waals surface area contributed by atoms with Crippen LogP contribution in [0, 0.1) is 5.92 Å². The number of ketones is 2. The molecular formula is C32H23BrN2O5. The van der Waals surface area contributed by atoms with Gasteiger partial charge in [-0.2, -0.15) is 0 Å². The van der Waals surface area contributed by atoms with E-state index in [0.717, 1.165) is 11.3 Å². The highest BCUT2D eigenvalue weighted by molar-refractivity contribution is 9.10. The lowest BCUT2D eigenvalue weighted by atomic mass is 9.64. The van der Waals surface area contributed by atoms with E-state index in [1.165, 1.54) is 6.26 Å². The number of amides is 1. The molecular weight excluding hydrogens is 572 g/mol. The van der Waals surface area contributed by atoms with Crippen molar-refractivity contribution < 1.29 is 23.5 Å². The smallest absolute Gasteiger partial charge is 0.238 e. The summed E-state index contributed by atoms with van der Waals surface area (Å²) in [7, 11) is 1.55. The topological polar surface area (TPSA) is 88.9 Å². The Labute approximate surface area is 238 Å². The Kier molecular flexibility index (Phi) is 5.57. The molecule has 3 aromatic carbocycles. The molecule has 3 aliphatic heterocycles. The van der Waals surface area contributed by atoms with Crippen LogP contribution in [0.1, 0.15) is 32.0 Å². The molecule has 1 N–H and O–H groups in total. The van der Waals surface area contributed by atoms with E-state index in [9.17, 15) is 14.4 Å². The van der Waals surface area contributed by atoms with Gasteiger partial charge in [0.2, 0.25) is 11.7 Å². The quantitative estimate of drug-likeness (QED) is 0.289. The number of nitrogens with one attached hydrogen (secondary N) is 1. The number of para-hydroxylation sites is 2. The molecule has 4 heterocycles. The summed E-state index contributed by atoms with van der Waals surface area (Å²) in [6.45, 7) is 0. The minimum Gasteiger partial charge on any atom is -0.496 e. The number of rotatable bonds is 5. The molecule has 40 heavy (non-hydrogen) atoms. The Morgan fingerprint density at radius 1 is 1.00 bits per heavy atom. The number of Topliss-reactive ketones (excluding diaryl/α,β-unsaturated/α-hetero) is 2. The van der Waals surface area contributed by atoms with Gasteiger partial charge in [-0.25, -0.2) is 0 Å². The number of anilines is 2. The van der Waals surface area contributed by atoms with E-state index in [0.29, 0.717) is 27.0 Å². The number of carbonyl (C=O) groups is 3. The predicted molar refractivity (Wildman–Crippen MR) is 154 cm³/mol. The number of fused-ring (bicyclic) bond motifs is 6. The van der Waals surface area contributed by atoms with Gasteiger partial charge in [0, 0.05) is 16.9 Å². The minimum atomic E-state index is -1.38. The monoisotopic (exact) mass is 594 g/mol. The summed E-state index contributed by atoms with van der Waals surface area (Å²) >= 11 is 3.50. The maximum Gasteiger partial charge on any atom is 0.238 e. The number of nitrogens with zero attached hydrogens (tertiary/aromatic N) is 1. The summed E-state index contributed by atoms with van der Waals surface area (Å²) in [5.74, 6) is -1.40. The Morgan fingerprint density at radius 2 is 1.80 bits per heavy atom. The number of carbonyl (C=O) groups excluding carboxylic acids is 3. The van der Waals surface area contributed by atoms with E-state index >= 15 is 0 Å². The first-order valence-corrected chi connectivity index (χ1v) is 13.7. The molecule has 8 heteroatoms. The van der Waals surface area contributed by atoms with Crippen LogP contribution in [0.5, 0.6) is 5.75 Å². The van der Waals surface area contributed by atoms with Crippen molar-refractivity contribution in [2.75, 3.05) is 17.3 Å². The van der Waals surface area contributed by atoms with Gasteiger partial charge in [0.1, 0.15) is 17.2 Å². The zero-order valence-electron chi connectivity index (χ0n) is 21.3. The predicted octanol–water partition coefficient (Wildman–Crippen LogP) is 5.91. The lowest BCUT2D eigenvalue weighted by Crippen LogP contribution is -2.51. The number of hydrogen-bond donors (Lipinski definition) is 1. The first kappa shape index (κ1) is 24.6. The third-order valence-electron chi connectivity index (χ3n) is 8.29. The molecule has 1 saturated heterocycles. The van der Waals surface area contributed by atoms with Crippen molar-refractivity contribution in [3.8, 4) is 5.75 Å². The third-order valence-corrected chi connectivity index (χ3v) is 8.91. The normalized spacial score (nSPS) is 23.9. The largest absolute Gasteiger partial charge is 0.496 e. The maximum absolute atomic E-state index is 14.7. The standard InChI is InChI=1S/C32H23BrN2O5/c1-39-24-14-12-19(17-21(24)33)29(36)28-27(30(37)25-11-6-16-40-25)32(20-8-3-4-9-22(20)34-31(32)38)26-15-13-18-7-2-5-10-23(18)35(26)28/h2-17,26-28H,1H3,(H,34,38)/t26-,27-,28-,32-/m1/s1. The highest BCUT2D eigenvalue weighted by Crippen LogP contribution is 2.58. The van der Waals surface area contributed by atoms with Crippen molar-refractivity contribution in [3.63, 3.8) is 0 Å². The van der Waals surface area contributed by atoms with Gasteiger partial charge in [0.05, 0.1) is 29.8 Å². The molecule has 1 fully saturated rings. The van der Waals surface area contributed by atoms with Crippen LogP contribution in [0.2, 0.25) is 0 Å². The average Bonchev–Trinajstić information content (AvgIpc) is 3.69. The number of furan rings is 1. The van der Waals surface area contributed by atoms with Crippen LogP contribution >= 0.6 is 15.9 Å². The summed E-state index contributed by atoms with van der Waals surface area (Å²) in [5, 5.41) is 3.02. The lowest BCUT2D eigenvalue weighted by Gasteiger charge is -2.37. The first-order chi connectivity index (χ1) is 19.5. The van der Waals surface area contributed by atoms with Crippen molar-refractivity contribution >= 4 is 50.9 Å². The SMILES string of the molecule is COc1ccc(C(=O)[C@H]2[C@H](C(=O)c3ccco3)[C@]3(C(=O)Nc4ccccc43)[C@H]3C=Cc4ccccc4N23)cc1Br. The molecule has 1 spiro atoms. The van der Waals surface area contributed by atoms with Gasteiger partial charge < -0.3 is 19.4 Å². The van der Waals surface area contributed by atoms with Gasteiger partial charge in [-0.1, -0.05) is 48.6 Å². The van der Waals surface area contributed by atoms with E-state index in [-0.39, 0.29) is 17.5 Å². The van der Waals surface area contributed by atoms with Crippen molar-refractivity contribution in [2.24, 2.45) is 5.92 Å². The fourth-order valence-electron chi connectivity index (χ4n) is 6.68. The summed E-state index contributed by atoms with van der Waals surface area (Å²) in [6.07, 6.45) is 5.35. The first-order valence-electron chi connectivity index (χ1n) is 12.9. The second kappa shape index (κ2) is 9.06. The molecule has 1 aromatic heterocycles. The fourth-order valence-corrected chi connectivity index (χ4v) is 7.22. The van der Waals surface area contributed by atoms with Crippen molar-refractivity contribution in [1.82, 2.24) is 0 Å². The molecule has 198 valence electrons. The Morgan fingerprint density at radius 3 is 2.58 bits per heavy atom. The molecule has 4 aromatic rings. The van der Waals surface area contributed by atoms with Crippen molar-refractivity contribution in [2.45, 2.75) is 17.5 Å². The van der Waals surface area contributed by atoms with E-state index in [2.05, 4.69) is 21.2 Å². The summed E-state index contributed by atoms with van der Waals surface area (Å²) in [4.78, 5) is 45.4. The number of hydrogen-bond acceptors (Lipinski definition) is 6. The van der Waals surface area contributed by atoms with Crippen LogP contribution in [0.4, 0.5) is 11.4 Å². The Bertz CT molecular complexity index is 1730. The Hall–Kier alpha value is -4.43. The molecule has 7 nitrogen and oxygen atoms in total. The highest BCUT2D eigenvalue weighted by atomic mass is 79.9. The number of halogens is 1. The number of benzene rings is 3. The molecule has 4 atom stereocenters. The molecule has 1 amide bonds. The van der Waals surface area contributed by atoms with Crippen LogP contribution < -0.4 is 15.0 Å². The van der Waals surface area contributed by atoms with Crippen LogP contribution in [0.15, 0.2) is 100 Å². The molecule has 0 unspecified atom stereocenters. The number of ether oxygens (including phenoxy) is 1. The van der Waals surface area contributed by atoms with Gasteiger partial charge >= 0.3 is 0 Å². The maximum atomic E-state index is 14.7. The summed E-state index contributed by atoms with van der Waals surface area (Å²) < 4.78 is 11.6. The fraction of sp³-hybridized carbons (Fsp3) is 0.156. The molecule has 0 saturated carbocycles. The van der Waals surface area contributed by atoms with Gasteiger partial charge in [-0.3, -0.25) is 14.4 Å². The molecule has 3 aliphatic rings. The summed E-state index contributed by atoms with van der Waals surface area (Å²) in [6, 6.07) is 21.8. The zero-order valence-corrected chi connectivity index (χ0v) is 22.9. The van der Waals surface area contributed by atoms with E-state index in [4.69, 9.17) is 9.15 Å². The number of methoxy groups -OCH3 is 1. The zero-order chi connectivity index (χ0) is 27.6. The van der Waals surface area contributed by atoms with Gasteiger partial charge in [-0.05, 0) is 69.5 Å². The van der Waals surface area contributed by atoms with Gasteiger partial charge in [0.15, 0.2) is 11.5 Å². The average molecular weight is 595 g/mol. The third kappa shape index (κ3) is 3.26. The van der Waals surface area contributed by atoms with Crippen LogP contribution in [0.25, 0.3) is 6.08 Å². The minimum absolute atomic E-state index is 0.104. The highest BCUT2D eigenvalue weighted by Gasteiger charge is 2.70. The van der Waals surface area contributed by atoms with Crippen LogP contribution in [-0.4, -0.2) is 36.7 Å². The van der Waals surface area contributed by atoms with Crippen molar-refractivity contribution in [1.29, 1.82) is 0 Å². The molecule has 0 aliphatic carbocycles. The van der Waals surface area contributed by atoms with E-state index in [1.54, 1.807) is 37.4 Å². The Balaban J connectivity index is 1.52. The van der Waals surface area contributed by atoms with Gasteiger partial charge in [-0.15, -0.1) is 0 Å². The molecule has 0 radical (unpaired) electrons. The second-order valence-corrected chi connectivity index (χ2v) is 11.0. The summed E-state index contributed by atoms with van der Waals surface area (Å²) in [5.41, 5.74) is 2.03. The van der Waals surface area contributed by atoms with Crippen LogP contribution in [-0.2, 0) is 10.2 Å².